The summed E-state index contributed by atoms with van der Waals surface area (Å²) < 4.78 is 5.95. The number of rotatable bonds is 9. The quantitative estimate of drug-likeness (QED) is 0.436. The largest absolute Gasteiger partial charge is 0.493 e. The average molecular weight is 425 g/mol. The fourth-order valence-corrected chi connectivity index (χ4v) is 4.55. The highest BCUT2D eigenvalue weighted by molar-refractivity contribution is 7.10. The van der Waals surface area contributed by atoms with Crippen LogP contribution >= 0.6 is 22.7 Å². The smallest absolute Gasteiger partial charge is 0.247 e. The van der Waals surface area contributed by atoms with Gasteiger partial charge >= 0.3 is 0 Å². The van der Waals surface area contributed by atoms with Crippen LogP contribution in [0.1, 0.15) is 33.9 Å². The number of hydrogen-bond acceptors (Lipinski definition) is 5. The summed E-state index contributed by atoms with van der Waals surface area (Å²) >= 11 is 3.31. The molecule has 4 rings (SSSR count). The van der Waals surface area contributed by atoms with Crippen LogP contribution in [0.3, 0.4) is 0 Å². The average Bonchev–Trinajstić information content (AvgIpc) is 3.27. The molecule has 29 heavy (non-hydrogen) atoms. The van der Waals surface area contributed by atoms with Crippen LogP contribution in [0.25, 0.3) is 6.08 Å². The molecule has 0 bridgehead atoms. The lowest BCUT2D eigenvalue weighted by atomic mass is 10.2. The van der Waals surface area contributed by atoms with E-state index in [4.69, 9.17) is 4.74 Å². The molecule has 1 aliphatic carbocycles. The number of nitrogens with zero attached hydrogens (tertiary/aromatic N) is 2. The van der Waals surface area contributed by atoms with Crippen molar-refractivity contribution in [2.24, 2.45) is 0 Å². The molecule has 0 aliphatic heterocycles. The minimum Gasteiger partial charge on any atom is -0.493 e. The van der Waals surface area contributed by atoms with Crippen LogP contribution in [-0.4, -0.2) is 28.4 Å². The fraction of sp³-hybridized carbons (Fsp3) is 0.304. The van der Waals surface area contributed by atoms with Crippen LogP contribution < -0.4 is 4.74 Å². The van der Waals surface area contributed by atoms with E-state index in [2.05, 4.69) is 11.1 Å². The summed E-state index contributed by atoms with van der Waals surface area (Å²) in [6.07, 6.45) is 6.64. The first kappa shape index (κ1) is 19.9. The number of aromatic nitrogens is 1. The molecule has 0 N–H and O–H groups in total. The van der Waals surface area contributed by atoms with E-state index in [9.17, 15) is 4.79 Å². The minimum atomic E-state index is 0.0768. The maximum absolute atomic E-state index is 12.8. The number of benzene rings is 1. The van der Waals surface area contributed by atoms with Crippen molar-refractivity contribution in [2.75, 3.05) is 6.61 Å². The lowest BCUT2D eigenvalue weighted by Crippen LogP contribution is -2.31. The molecule has 2 heterocycles. The van der Waals surface area contributed by atoms with Crippen LogP contribution in [0, 0.1) is 6.92 Å². The zero-order chi connectivity index (χ0) is 20.1. The zero-order valence-electron chi connectivity index (χ0n) is 16.4. The molecule has 6 heteroatoms. The van der Waals surface area contributed by atoms with Crippen molar-refractivity contribution in [3.63, 3.8) is 0 Å². The highest BCUT2D eigenvalue weighted by Gasteiger charge is 2.31. The third kappa shape index (κ3) is 5.55. The normalized spacial score (nSPS) is 13.7. The van der Waals surface area contributed by atoms with Crippen LogP contribution in [0.15, 0.2) is 53.4 Å². The highest BCUT2D eigenvalue weighted by Crippen LogP contribution is 2.29. The van der Waals surface area contributed by atoms with Gasteiger partial charge in [0.05, 0.1) is 17.8 Å². The van der Waals surface area contributed by atoms with Crippen LogP contribution in [0.5, 0.6) is 5.75 Å². The summed E-state index contributed by atoms with van der Waals surface area (Å²) in [6, 6.07) is 12.5. The van der Waals surface area contributed by atoms with E-state index in [1.54, 1.807) is 28.7 Å². The Bertz CT molecular complexity index is 974. The monoisotopic (exact) mass is 424 g/mol. The van der Waals surface area contributed by atoms with Crippen LogP contribution in [-0.2, 0) is 17.8 Å². The van der Waals surface area contributed by atoms with Crippen LogP contribution in [0.2, 0.25) is 0 Å². The first-order valence-corrected chi connectivity index (χ1v) is 11.6. The molecule has 4 nitrogen and oxygen atoms in total. The number of amides is 1. The van der Waals surface area contributed by atoms with E-state index in [0.29, 0.717) is 19.2 Å². The topological polar surface area (TPSA) is 42.4 Å². The van der Waals surface area contributed by atoms with E-state index >= 15 is 0 Å². The Morgan fingerprint density at radius 2 is 2.17 bits per heavy atom. The first-order valence-electron chi connectivity index (χ1n) is 9.82. The number of thiophene rings is 1. The summed E-state index contributed by atoms with van der Waals surface area (Å²) in [7, 11) is 0. The number of ether oxygens (including phenoxy) is 1. The molecule has 0 radical (unpaired) electrons. The van der Waals surface area contributed by atoms with Gasteiger partial charge in [-0.05, 0) is 55.0 Å². The number of thiazole rings is 1. The van der Waals surface area contributed by atoms with Crippen molar-refractivity contribution in [1.82, 2.24) is 9.88 Å². The molecule has 1 fully saturated rings. The SMILES string of the molecule is Cc1ncsc1CCOc1cccc(CN(C(=O)C=Cc2cccs2)C2CC2)c1. The number of carbonyl (C=O) groups excluding carboxylic acids is 1. The summed E-state index contributed by atoms with van der Waals surface area (Å²) in [5, 5.41) is 2.02. The van der Waals surface area contributed by atoms with E-state index in [-0.39, 0.29) is 5.91 Å². The predicted octanol–water partition coefficient (Wildman–Crippen LogP) is 5.34. The molecule has 150 valence electrons. The Morgan fingerprint density at radius 1 is 1.28 bits per heavy atom. The third-order valence-electron chi connectivity index (χ3n) is 4.90. The van der Waals surface area contributed by atoms with Crippen molar-refractivity contribution < 1.29 is 9.53 Å². The Kier molecular flexibility index (Phi) is 6.42. The minimum absolute atomic E-state index is 0.0768. The van der Waals surface area contributed by atoms with Crippen molar-refractivity contribution in [3.05, 3.63) is 74.4 Å². The third-order valence-corrected chi connectivity index (χ3v) is 6.73. The number of hydrogen-bond donors (Lipinski definition) is 0. The van der Waals surface area contributed by atoms with Gasteiger partial charge in [-0.3, -0.25) is 4.79 Å². The molecule has 2 aromatic heterocycles. The second-order valence-electron chi connectivity index (χ2n) is 7.15. The van der Waals surface area contributed by atoms with E-state index in [1.807, 2.05) is 59.1 Å². The molecule has 1 amide bonds. The molecule has 1 saturated carbocycles. The maximum atomic E-state index is 12.8. The van der Waals surface area contributed by atoms with Gasteiger partial charge in [-0.2, -0.15) is 0 Å². The molecule has 0 saturated heterocycles. The van der Waals surface area contributed by atoms with Gasteiger partial charge in [0.2, 0.25) is 5.91 Å². The molecule has 0 unspecified atom stereocenters. The van der Waals surface area contributed by atoms with E-state index in [1.165, 1.54) is 4.88 Å². The molecule has 3 aromatic rings. The Labute approximate surface area is 179 Å². The van der Waals surface area contributed by atoms with E-state index in [0.717, 1.165) is 41.1 Å². The Hall–Kier alpha value is -2.44. The molecular formula is C23H24N2O2S2. The second kappa shape index (κ2) is 9.37. The molecular weight excluding hydrogens is 400 g/mol. The summed E-state index contributed by atoms with van der Waals surface area (Å²) in [6.45, 7) is 3.27. The highest BCUT2D eigenvalue weighted by atomic mass is 32.1. The molecule has 0 atom stereocenters. The lowest BCUT2D eigenvalue weighted by molar-refractivity contribution is -0.127. The zero-order valence-corrected chi connectivity index (χ0v) is 18.0. The second-order valence-corrected chi connectivity index (χ2v) is 9.07. The summed E-state index contributed by atoms with van der Waals surface area (Å²) in [5.74, 6) is 0.926. The molecule has 0 spiro atoms. The summed E-state index contributed by atoms with van der Waals surface area (Å²) in [4.78, 5) is 21.4. The maximum Gasteiger partial charge on any atom is 0.247 e. The Morgan fingerprint density at radius 3 is 2.90 bits per heavy atom. The van der Waals surface area contributed by atoms with Gasteiger partial charge in [-0.1, -0.05) is 18.2 Å². The van der Waals surface area contributed by atoms with Crippen molar-refractivity contribution in [3.8, 4) is 5.75 Å². The van der Waals surface area contributed by atoms with E-state index < -0.39 is 0 Å². The first-order chi connectivity index (χ1) is 14.2. The van der Waals surface area contributed by atoms with Gasteiger partial charge in [0.1, 0.15) is 5.75 Å². The van der Waals surface area contributed by atoms with Crippen molar-refractivity contribution in [2.45, 2.75) is 38.8 Å². The molecule has 1 aliphatic rings. The van der Waals surface area contributed by atoms with Gasteiger partial charge < -0.3 is 9.64 Å². The Balaban J connectivity index is 1.36. The fourth-order valence-electron chi connectivity index (χ4n) is 3.17. The van der Waals surface area contributed by atoms with Gasteiger partial charge in [0, 0.05) is 34.8 Å². The lowest BCUT2D eigenvalue weighted by Gasteiger charge is -2.21. The summed E-state index contributed by atoms with van der Waals surface area (Å²) in [5.41, 5.74) is 4.06. The number of aryl methyl sites for hydroxylation is 1. The van der Waals surface area contributed by atoms with Crippen LogP contribution in [0.4, 0.5) is 0 Å². The van der Waals surface area contributed by atoms with Gasteiger partial charge in [0.25, 0.3) is 0 Å². The standard InChI is InChI=1S/C23H24N2O2S2/c1-17-22(29-16-24-17)11-12-27-20-5-2-4-18(14-20)15-25(19-7-8-19)23(26)10-9-21-6-3-13-28-21/h2-6,9-10,13-14,16,19H,7-8,11-12,15H2,1H3. The van der Waals surface area contributed by atoms with Crippen molar-refractivity contribution in [1.29, 1.82) is 0 Å². The predicted molar refractivity (Wildman–Crippen MR) is 119 cm³/mol. The van der Waals surface area contributed by atoms with Gasteiger partial charge in [-0.15, -0.1) is 22.7 Å². The van der Waals surface area contributed by atoms with Gasteiger partial charge in [0.15, 0.2) is 0 Å². The van der Waals surface area contributed by atoms with Gasteiger partial charge in [-0.25, -0.2) is 4.98 Å². The number of carbonyl (C=O) groups is 1. The molecule has 1 aromatic carbocycles. The van der Waals surface area contributed by atoms with Crippen molar-refractivity contribution >= 4 is 34.7 Å².